The van der Waals surface area contributed by atoms with Crippen LogP contribution in [0.15, 0.2) is 46.8 Å². The summed E-state index contributed by atoms with van der Waals surface area (Å²) in [6.07, 6.45) is 2.43. The summed E-state index contributed by atoms with van der Waals surface area (Å²) in [5, 5.41) is 8.79. The summed E-state index contributed by atoms with van der Waals surface area (Å²) in [5.74, 6) is 1.57. The van der Waals surface area contributed by atoms with Gasteiger partial charge in [0.2, 0.25) is 5.91 Å². The molecule has 0 radical (unpaired) electrons. The molecule has 2 heterocycles. The summed E-state index contributed by atoms with van der Waals surface area (Å²) in [6.45, 7) is 8.16. The van der Waals surface area contributed by atoms with E-state index in [0.29, 0.717) is 12.3 Å². The second-order valence-corrected chi connectivity index (χ2v) is 8.69. The minimum absolute atomic E-state index is 0.231. The molecule has 0 saturated heterocycles. The van der Waals surface area contributed by atoms with E-state index in [9.17, 15) is 4.79 Å². The van der Waals surface area contributed by atoms with Gasteiger partial charge in [0.1, 0.15) is 0 Å². The standard InChI is InChI=1S/C23H32N4OS/c1-3-24-23(26-15-18(2)14-21-10-7-13-29-21)25-12-6-11-22(28)27-16-19-8-4-5-9-20(19)17-27/h4-5,7-10,13,18H,3,6,11-12,14-17H2,1-2H3,(H2,24,25,26). The molecule has 29 heavy (non-hydrogen) atoms. The first kappa shape index (κ1) is 21.4. The minimum atomic E-state index is 0.231. The number of hydrogen-bond donors (Lipinski definition) is 2. The number of benzene rings is 1. The van der Waals surface area contributed by atoms with Gasteiger partial charge in [-0.1, -0.05) is 37.3 Å². The second kappa shape index (κ2) is 11.0. The maximum absolute atomic E-state index is 12.5. The molecule has 2 aromatic rings. The summed E-state index contributed by atoms with van der Waals surface area (Å²) in [4.78, 5) is 20.6. The number of thiophene rings is 1. The highest BCUT2D eigenvalue weighted by Gasteiger charge is 2.22. The predicted molar refractivity (Wildman–Crippen MR) is 121 cm³/mol. The van der Waals surface area contributed by atoms with Crippen molar-refractivity contribution < 1.29 is 4.79 Å². The van der Waals surface area contributed by atoms with Crippen molar-refractivity contribution >= 4 is 23.2 Å². The highest BCUT2D eigenvalue weighted by Crippen LogP contribution is 2.22. The number of nitrogens with one attached hydrogen (secondary N) is 2. The van der Waals surface area contributed by atoms with Gasteiger partial charge in [-0.2, -0.15) is 0 Å². The third-order valence-electron chi connectivity index (χ3n) is 5.09. The average molecular weight is 413 g/mol. The van der Waals surface area contributed by atoms with E-state index >= 15 is 0 Å². The van der Waals surface area contributed by atoms with Gasteiger partial charge in [0.25, 0.3) is 0 Å². The molecule has 0 saturated carbocycles. The zero-order valence-corrected chi connectivity index (χ0v) is 18.3. The Labute approximate surface area is 178 Å². The van der Waals surface area contributed by atoms with Gasteiger partial charge >= 0.3 is 0 Å². The van der Waals surface area contributed by atoms with Crippen LogP contribution in [0.25, 0.3) is 0 Å². The van der Waals surface area contributed by atoms with E-state index < -0.39 is 0 Å². The van der Waals surface area contributed by atoms with Gasteiger partial charge in [0.05, 0.1) is 0 Å². The summed E-state index contributed by atoms with van der Waals surface area (Å²) in [5.41, 5.74) is 2.55. The second-order valence-electron chi connectivity index (χ2n) is 7.66. The van der Waals surface area contributed by atoms with Crippen LogP contribution < -0.4 is 10.6 Å². The summed E-state index contributed by atoms with van der Waals surface area (Å²) in [7, 11) is 0. The maximum Gasteiger partial charge on any atom is 0.223 e. The monoisotopic (exact) mass is 412 g/mol. The Morgan fingerprint density at radius 2 is 1.93 bits per heavy atom. The first-order valence-corrected chi connectivity index (χ1v) is 11.4. The Kier molecular flexibility index (Phi) is 8.11. The molecule has 1 aliphatic rings. The number of amides is 1. The highest BCUT2D eigenvalue weighted by molar-refractivity contribution is 7.09. The van der Waals surface area contributed by atoms with Crippen LogP contribution in [0.4, 0.5) is 0 Å². The molecular weight excluding hydrogens is 380 g/mol. The Bertz CT molecular complexity index is 778. The van der Waals surface area contributed by atoms with E-state index in [0.717, 1.165) is 51.5 Å². The summed E-state index contributed by atoms with van der Waals surface area (Å²) in [6, 6.07) is 12.6. The molecule has 6 heteroatoms. The number of carbonyl (C=O) groups is 1. The lowest BCUT2D eigenvalue weighted by Gasteiger charge is -2.16. The number of carbonyl (C=O) groups excluding carboxylic acids is 1. The van der Waals surface area contributed by atoms with Crippen molar-refractivity contribution in [3.8, 4) is 0 Å². The lowest BCUT2D eigenvalue weighted by Crippen LogP contribution is -2.38. The van der Waals surface area contributed by atoms with E-state index in [4.69, 9.17) is 4.99 Å². The Morgan fingerprint density at radius 3 is 2.59 bits per heavy atom. The Balaban J connectivity index is 1.37. The molecule has 2 N–H and O–H groups in total. The fraction of sp³-hybridized carbons (Fsp3) is 0.478. The molecule has 5 nitrogen and oxygen atoms in total. The summed E-state index contributed by atoms with van der Waals surface area (Å²) >= 11 is 1.81. The van der Waals surface area contributed by atoms with Crippen molar-refractivity contribution in [1.82, 2.24) is 15.5 Å². The average Bonchev–Trinajstić information content (AvgIpc) is 3.38. The van der Waals surface area contributed by atoms with Crippen LogP contribution in [-0.2, 0) is 24.3 Å². The molecule has 1 aliphatic heterocycles. The molecule has 0 fully saturated rings. The van der Waals surface area contributed by atoms with E-state index in [1.165, 1.54) is 16.0 Å². The van der Waals surface area contributed by atoms with E-state index in [1.807, 2.05) is 17.0 Å². The fourth-order valence-electron chi connectivity index (χ4n) is 3.54. The van der Waals surface area contributed by atoms with Crippen LogP contribution in [0.1, 0.15) is 42.7 Å². The number of guanidine groups is 1. The summed E-state index contributed by atoms with van der Waals surface area (Å²) < 4.78 is 0. The minimum Gasteiger partial charge on any atom is -0.357 e. The predicted octanol–water partition coefficient (Wildman–Crippen LogP) is 3.80. The quantitative estimate of drug-likeness (QED) is 0.374. The SMILES string of the molecule is CCNC(=NCC(C)Cc1cccs1)NCCCC(=O)N1Cc2ccccc2C1. The van der Waals surface area contributed by atoms with Crippen LogP contribution in [0.2, 0.25) is 0 Å². The van der Waals surface area contributed by atoms with Gasteiger partial charge in [0.15, 0.2) is 5.96 Å². The van der Waals surface area contributed by atoms with E-state index in [1.54, 1.807) is 11.3 Å². The first-order chi connectivity index (χ1) is 14.2. The molecule has 1 aromatic heterocycles. The molecule has 0 spiro atoms. The van der Waals surface area contributed by atoms with Gasteiger partial charge in [-0.15, -0.1) is 11.3 Å². The van der Waals surface area contributed by atoms with Crippen LogP contribution in [0, 0.1) is 5.92 Å². The number of rotatable bonds is 9. The van der Waals surface area contributed by atoms with Crippen molar-refractivity contribution in [1.29, 1.82) is 0 Å². The van der Waals surface area contributed by atoms with Crippen LogP contribution in [-0.4, -0.2) is 36.4 Å². The van der Waals surface area contributed by atoms with Crippen LogP contribution >= 0.6 is 11.3 Å². The fourth-order valence-corrected chi connectivity index (χ4v) is 4.41. The maximum atomic E-state index is 12.5. The van der Waals surface area contributed by atoms with Crippen molar-refractivity contribution in [2.45, 2.75) is 46.2 Å². The first-order valence-electron chi connectivity index (χ1n) is 10.5. The normalized spacial score (nSPS) is 14.6. The smallest absolute Gasteiger partial charge is 0.223 e. The van der Waals surface area contributed by atoms with E-state index in [-0.39, 0.29) is 5.91 Å². The lowest BCUT2D eigenvalue weighted by atomic mass is 10.1. The number of aliphatic imine (C=N–C) groups is 1. The van der Waals surface area contributed by atoms with Crippen LogP contribution in [0.5, 0.6) is 0 Å². The molecule has 0 aliphatic carbocycles. The van der Waals surface area contributed by atoms with Crippen molar-refractivity contribution in [2.24, 2.45) is 10.9 Å². The Hall–Kier alpha value is -2.34. The van der Waals surface area contributed by atoms with Crippen molar-refractivity contribution in [3.63, 3.8) is 0 Å². The molecular formula is C23H32N4OS. The van der Waals surface area contributed by atoms with Crippen molar-refractivity contribution in [2.75, 3.05) is 19.6 Å². The zero-order valence-electron chi connectivity index (χ0n) is 17.5. The van der Waals surface area contributed by atoms with Gasteiger partial charge in [0, 0.05) is 44.0 Å². The third kappa shape index (κ3) is 6.60. The van der Waals surface area contributed by atoms with Crippen LogP contribution in [0.3, 0.4) is 0 Å². The zero-order chi connectivity index (χ0) is 20.5. The van der Waals surface area contributed by atoms with Gasteiger partial charge in [-0.25, -0.2) is 0 Å². The molecule has 1 unspecified atom stereocenters. The molecule has 0 bridgehead atoms. The third-order valence-corrected chi connectivity index (χ3v) is 5.99. The molecule has 1 atom stereocenters. The molecule has 156 valence electrons. The van der Waals surface area contributed by atoms with E-state index in [2.05, 4.69) is 54.1 Å². The van der Waals surface area contributed by atoms with Gasteiger partial charge < -0.3 is 15.5 Å². The molecule has 3 rings (SSSR count). The largest absolute Gasteiger partial charge is 0.357 e. The molecule has 1 aromatic carbocycles. The number of fused-ring (bicyclic) bond motifs is 1. The lowest BCUT2D eigenvalue weighted by molar-refractivity contribution is -0.131. The Morgan fingerprint density at radius 1 is 1.17 bits per heavy atom. The van der Waals surface area contributed by atoms with Gasteiger partial charge in [-0.3, -0.25) is 9.79 Å². The topological polar surface area (TPSA) is 56.7 Å². The number of nitrogens with zero attached hydrogens (tertiary/aromatic N) is 2. The molecule has 1 amide bonds. The van der Waals surface area contributed by atoms with Gasteiger partial charge in [-0.05, 0) is 48.3 Å². The number of hydrogen-bond acceptors (Lipinski definition) is 3. The van der Waals surface area contributed by atoms with Crippen molar-refractivity contribution in [3.05, 3.63) is 57.8 Å². The highest BCUT2D eigenvalue weighted by atomic mass is 32.1.